The summed E-state index contributed by atoms with van der Waals surface area (Å²) < 4.78 is 0. The van der Waals surface area contributed by atoms with Crippen LogP contribution in [0.3, 0.4) is 0 Å². The van der Waals surface area contributed by atoms with Crippen molar-refractivity contribution in [3.8, 4) is 22.3 Å². The Morgan fingerprint density at radius 3 is 2.15 bits per heavy atom. The van der Waals surface area contributed by atoms with Crippen molar-refractivity contribution in [2.24, 2.45) is 0 Å². The van der Waals surface area contributed by atoms with Crippen molar-refractivity contribution in [2.45, 2.75) is 25.2 Å². The highest BCUT2D eigenvalue weighted by Gasteiger charge is 2.52. The molecule has 3 aliphatic rings. The predicted molar refractivity (Wildman–Crippen MR) is 163 cm³/mol. The largest absolute Gasteiger partial charge is 0.355 e. The highest BCUT2D eigenvalue weighted by Crippen LogP contribution is 2.63. The third-order valence-electron chi connectivity index (χ3n) is 8.89. The Kier molecular flexibility index (Phi) is 4.84. The van der Waals surface area contributed by atoms with E-state index in [9.17, 15) is 0 Å². The lowest BCUT2D eigenvalue weighted by Crippen LogP contribution is -2.27. The second kappa shape index (κ2) is 8.44. The average molecular weight is 500 g/mol. The maximum atomic E-state index is 3.78. The van der Waals surface area contributed by atoms with Crippen LogP contribution in [0.1, 0.15) is 40.7 Å². The van der Waals surface area contributed by atoms with Crippen LogP contribution >= 0.6 is 0 Å². The van der Waals surface area contributed by atoms with Gasteiger partial charge in [0.25, 0.3) is 0 Å². The van der Waals surface area contributed by atoms with Crippen LogP contribution in [-0.4, -0.2) is 0 Å². The molecule has 3 aliphatic carbocycles. The van der Waals surface area contributed by atoms with Crippen molar-refractivity contribution in [3.63, 3.8) is 0 Å². The van der Waals surface area contributed by atoms with Gasteiger partial charge in [-0.1, -0.05) is 103 Å². The molecule has 0 fully saturated rings. The number of allylic oxidation sites excluding steroid dienone is 4. The van der Waals surface area contributed by atoms with Gasteiger partial charge in [-0.3, -0.25) is 0 Å². The molecule has 1 spiro atoms. The summed E-state index contributed by atoms with van der Waals surface area (Å²) in [5.74, 6) is 0. The number of aryl methyl sites for hydroxylation is 1. The van der Waals surface area contributed by atoms with E-state index in [-0.39, 0.29) is 5.41 Å². The minimum Gasteiger partial charge on any atom is -0.355 e. The first kappa shape index (κ1) is 22.4. The van der Waals surface area contributed by atoms with E-state index >= 15 is 0 Å². The van der Waals surface area contributed by atoms with Gasteiger partial charge in [0.1, 0.15) is 0 Å². The summed E-state index contributed by atoms with van der Waals surface area (Å²) in [4.78, 5) is 0. The third kappa shape index (κ3) is 3.14. The van der Waals surface area contributed by atoms with E-state index in [0.29, 0.717) is 0 Å². The van der Waals surface area contributed by atoms with Crippen LogP contribution in [0.5, 0.6) is 0 Å². The van der Waals surface area contributed by atoms with E-state index in [0.717, 1.165) is 24.2 Å². The predicted octanol–water partition coefficient (Wildman–Crippen LogP) is 9.84. The SMILES string of the molecule is Cc1cc(-c2ccccc2)ccc1Nc1ccc2c(c1)C1(C3=C(CCC=C3)c3ccccc31)c1ccccc1-2. The average Bonchev–Trinajstić information content (AvgIpc) is 3.46. The van der Waals surface area contributed by atoms with Crippen molar-refractivity contribution in [1.29, 1.82) is 0 Å². The molecule has 39 heavy (non-hydrogen) atoms. The second-order valence-electron chi connectivity index (χ2n) is 11.0. The van der Waals surface area contributed by atoms with Gasteiger partial charge in [0.05, 0.1) is 5.41 Å². The molecule has 1 unspecified atom stereocenters. The van der Waals surface area contributed by atoms with Crippen LogP contribution in [0.4, 0.5) is 11.4 Å². The van der Waals surface area contributed by atoms with Gasteiger partial charge in [-0.2, -0.15) is 0 Å². The molecule has 186 valence electrons. The van der Waals surface area contributed by atoms with Gasteiger partial charge in [-0.25, -0.2) is 0 Å². The van der Waals surface area contributed by atoms with Gasteiger partial charge >= 0.3 is 0 Å². The molecule has 1 N–H and O–H groups in total. The standard InChI is InChI=1S/C38H29N/c1-25-23-27(26-11-3-2-4-12-26)19-22-37(25)39-28-20-21-32-31-15-7-10-18-35(31)38(36(32)24-28)33-16-8-5-13-29(33)30-14-6-9-17-34(30)38/h2-5,7-13,15-24,39H,6,14H2,1H3. The number of rotatable bonds is 3. The molecule has 0 bridgehead atoms. The zero-order valence-corrected chi connectivity index (χ0v) is 22.0. The monoisotopic (exact) mass is 499 g/mol. The number of anilines is 2. The van der Waals surface area contributed by atoms with Crippen LogP contribution in [0.25, 0.3) is 27.8 Å². The minimum absolute atomic E-state index is 0.265. The molecule has 5 aromatic rings. The maximum Gasteiger partial charge on any atom is 0.0722 e. The molecule has 0 aliphatic heterocycles. The van der Waals surface area contributed by atoms with Gasteiger partial charge in [-0.15, -0.1) is 0 Å². The fraction of sp³-hybridized carbons (Fsp3) is 0.105. The zero-order chi connectivity index (χ0) is 26.0. The third-order valence-corrected chi connectivity index (χ3v) is 8.89. The van der Waals surface area contributed by atoms with E-state index in [1.54, 1.807) is 0 Å². The lowest BCUT2D eigenvalue weighted by atomic mass is 9.69. The van der Waals surface area contributed by atoms with Crippen molar-refractivity contribution >= 4 is 16.9 Å². The van der Waals surface area contributed by atoms with E-state index in [1.807, 2.05) is 0 Å². The lowest BCUT2D eigenvalue weighted by molar-refractivity contribution is 0.781. The van der Waals surface area contributed by atoms with Crippen molar-refractivity contribution in [2.75, 3.05) is 5.32 Å². The second-order valence-corrected chi connectivity index (χ2v) is 11.0. The van der Waals surface area contributed by atoms with Crippen LogP contribution in [0.2, 0.25) is 0 Å². The number of fused-ring (bicyclic) bond motifs is 9. The molecule has 0 heterocycles. The lowest BCUT2D eigenvalue weighted by Gasteiger charge is -2.32. The summed E-state index contributed by atoms with van der Waals surface area (Å²) in [6.07, 6.45) is 6.99. The normalized spacial score (nSPS) is 18.1. The molecular formula is C38H29N. The highest BCUT2D eigenvalue weighted by molar-refractivity contribution is 5.96. The Balaban J connectivity index is 1.28. The van der Waals surface area contributed by atoms with Crippen molar-refractivity contribution in [1.82, 2.24) is 0 Å². The summed E-state index contributed by atoms with van der Waals surface area (Å²) >= 11 is 0. The quantitative estimate of drug-likeness (QED) is 0.260. The van der Waals surface area contributed by atoms with Gasteiger partial charge in [-0.05, 0) is 105 Å². The van der Waals surface area contributed by atoms with E-state index in [2.05, 4.69) is 140 Å². The molecule has 0 saturated carbocycles. The number of hydrogen-bond donors (Lipinski definition) is 1. The topological polar surface area (TPSA) is 12.0 Å². The Hall–Kier alpha value is -4.62. The highest BCUT2D eigenvalue weighted by atomic mass is 14.9. The summed E-state index contributed by atoms with van der Waals surface area (Å²) in [7, 11) is 0. The van der Waals surface area contributed by atoms with Gasteiger partial charge in [0, 0.05) is 11.4 Å². The molecule has 1 heteroatoms. The van der Waals surface area contributed by atoms with Gasteiger partial charge in [0.15, 0.2) is 0 Å². The molecule has 5 aromatic carbocycles. The molecule has 1 atom stereocenters. The van der Waals surface area contributed by atoms with Gasteiger partial charge < -0.3 is 5.32 Å². The Labute approximate surface area is 230 Å². The Bertz CT molecular complexity index is 1840. The van der Waals surface area contributed by atoms with Crippen LogP contribution < -0.4 is 5.32 Å². The molecule has 0 aromatic heterocycles. The smallest absolute Gasteiger partial charge is 0.0722 e. The van der Waals surface area contributed by atoms with Crippen molar-refractivity contribution in [3.05, 3.63) is 161 Å². The fourth-order valence-electron chi connectivity index (χ4n) is 7.22. The number of nitrogens with one attached hydrogen (secondary N) is 1. The van der Waals surface area contributed by atoms with E-state index in [4.69, 9.17) is 0 Å². The zero-order valence-electron chi connectivity index (χ0n) is 22.0. The van der Waals surface area contributed by atoms with Crippen LogP contribution in [0.15, 0.2) is 133 Å². The molecule has 0 amide bonds. The number of hydrogen-bond acceptors (Lipinski definition) is 1. The molecule has 0 saturated heterocycles. The van der Waals surface area contributed by atoms with E-state index in [1.165, 1.54) is 61.2 Å². The van der Waals surface area contributed by atoms with Gasteiger partial charge in [0.2, 0.25) is 0 Å². The number of benzene rings is 5. The first-order valence-corrected chi connectivity index (χ1v) is 13.9. The summed E-state index contributed by atoms with van der Waals surface area (Å²) in [5, 5.41) is 3.78. The maximum absolute atomic E-state index is 3.78. The minimum atomic E-state index is -0.265. The van der Waals surface area contributed by atoms with E-state index < -0.39 is 0 Å². The molecule has 8 rings (SSSR count). The summed E-state index contributed by atoms with van der Waals surface area (Å²) in [6, 6.07) is 42.4. The van der Waals surface area contributed by atoms with Crippen LogP contribution in [-0.2, 0) is 5.41 Å². The Morgan fingerprint density at radius 1 is 0.615 bits per heavy atom. The first-order chi connectivity index (χ1) is 19.2. The molecule has 1 nitrogen and oxygen atoms in total. The molecular weight excluding hydrogens is 470 g/mol. The first-order valence-electron chi connectivity index (χ1n) is 13.9. The Morgan fingerprint density at radius 2 is 1.33 bits per heavy atom. The summed E-state index contributed by atoms with van der Waals surface area (Å²) in [6.45, 7) is 2.19. The molecule has 0 radical (unpaired) electrons. The van der Waals surface area contributed by atoms with Crippen LogP contribution in [0, 0.1) is 6.92 Å². The van der Waals surface area contributed by atoms with Crippen molar-refractivity contribution < 1.29 is 0 Å². The summed E-state index contributed by atoms with van der Waals surface area (Å²) in [5.41, 5.74) is 17.0. The fourth-order valence-corrected chi connectivity index (χ4v) is 7.22.